The van der Waals surface area contributed by atoms with Crippen LogP contribution in [0.15, 0.2) is 15.0 Å². The Morgan fingerprint density at radius 2 is 2.00 bits per heavy atom. The Kier molecular flexibility index (Phi) is 4.60. The number of carbonyl (C=O) groups is 1. The third-order valence-electron chi connectivity index (χ3n) is 3.39. The van der Waals surface area contributed by atoms with Gasteiger partial charge in [0.2, 0.25) is 5.96 Å². The smallest absolute Gasteiger partial charge is 0.281 e. The molecule has 0 aliphatic carbocycles. The molecule has 12 heteroatoms. The molecule has 3 aliphatic heterocycles. The molecule has 122 valence electrons. The Bertz CT molecular complexity index is 580. The second-order valence-corrected chi connectivity index (χ2v) is 5.39. The van der Waals surface area contributed by atoms with Crippen LogP contribution in [0.5, 0.6) is 0 Å². The van der Waals surface area contributed by atoms with Gasteiger partial charge in [-0.3, -0.25) is 9.69 Å². The largest absolute Gasteiger partial charge is 0.412 e. The number of carbonyl (C=O) groups excluding carboxylic acids is 1. The minimum absolute atomic E-state index is 0. The number of rotatable bonds is 2. The summed E-state index contributed by atoms with van der Waals surface area (Å²) in [7, 11) is 0. The summed E-state index contributed by atoms with van der Waals surface area (Å²) in [4.78, 5) is 24.6. The highest BCUT2D eigenvalue weighted by Crippen LogP contribution is 2.30. The van der Waals surface area contributed by atoms with E-state index in [1.807, 2.05) is 0 Å². The van der Waals surface area contributed by atoms with Crippen LogP contribution >= 0.6 is 15.9 Å². The van der Waals surface area contributed by atoms with E-state index >= 15 is 0 Å². The van der Waals surface area contributed by atoms with Crippen LogP contribution in [0.4, 0.5) is 0 Å². The molecule has 22 heavy (non-hydrogen) atoms. The highest BCUT2D eigenvalue weighted by molar-refractivity contribution is 9.18. The zero-order valence-corrected chi connectivity index (χ0v) is 12.6. The number of ether oxygens (including phenoxy) is 1. The minimum Gasteiger partial charge on any atom is -0.412 e. The van der Waals surface area contributed by atoms with E-state index in [1.54, 1.807) is 0 Å². The van der Waals surface area contributed by atoms with Gasteiger partial charge in [-0.1, -0.05) is 0 Å². The average molecular weight is 380 g/mol. The fraction of sp³-hybridized carbons (Fsp3) is 0.600. The van der Waals surface area contributed by atoms with Gasteiger partial charge in [0.15, 0.2) is 22.9 Å². The Balaban J connectivity index is 0.00000176. The molecular formula is C10H14BrN5O6. The minimum atomic E-state index is -1.32. The summed E-state index contributed by atoms with van der Waals surface area (Å²) in [6.07, 6.45) is -4.60. The Morgan fingerprint density at radius 1 is 1.32 bits per heavy atom. The van der Waals surface area contributed by atoms with Crippen LogP contribution in [0, 0.1) is 0 Å². The van der Waals surface area contributed by atoms with Crippen molar-refractivity contribution in [3.63, 3.8) is 0 Å². The fourth-order valence-electron chi connectivity index (χ4n) is 2.38. The van der Waals surface area contributed by atoms with Gasteiger partial charge in [-0.2, -0.15) is 9.98 Å². The number of amidine groups is 2. The number of fused-ring (bicyclic) bond motifs is 1. The topological polar surface area (TPSA) is 185 Å². The van der Waals surface area contributed by atoms with Crippen molar-refractivity contribution >= 4 is 38.4 Å². The standard InChI is InChI=1S/C10H12BrN5O5.H2O/c11-9-13-3-6(14-10(12)15-7(3)20)16(9)8-5(19)4(18)2(1-17)21-8;/h2-5,8,17-19H,1H2,(H2,12,15,20);1H2/t2-,3?,4-,5-,8-;/m1./s1. The van der Waals surface area contributed by atoms with Crippen LogP contribution in [0.3, 0.4) is 0 Å². The molecule has 1 fully saturated rings. The highest BCUT2D eigenvalue weighted by atomic mass is 79.9. The predicted molar refractivity (Wildman–Crippen MR) is 77.4 cm³/mol. The van der Waals surface area contributed by atoms with Gasteiger partial charge in [-0.05, 0) is 15.9 Å². The Labute approximate surface area is 132 Å². The lowest BCUT2D eigenvalue weighted by Crippen LogP contribution is -2.50. The molecule has 0 aromatic carbocycles. The summed E-state index contributed by atoms with van der Waals surface area (Å²) < 4.78 is 5.60. The van der Waals surface area contributed by atoms with Gasteiger partial charge in [0, 0.05) is 0 Å². The quantitative estimate of drug-likeness (QED) is 0.355. The first-order valence-electron chi connectivity index (χ1n) is 6.05. The molecule has 1 amide bonds. The van der Waals surface area contributed by atoms with Crippen molar-refractivity contribution in [3.05, 3.63) is 0 Å². The lowest BCUT2D eigenvalue weighted by atomic mass is 10.1. The van der Waals surface area contributed by atoms with Crippen molar-refractivity contribution in [1.29, 1.82) is 0 Å². The summed E-state index contributed by atoms with van der Waals surface area (Å²) in [5.74, 6) is -0.654. The molecule has 0 radical (unpaired) electrons. The normalized spacial score (nSPS) is 37.3. The molecule has 0 aromatic rings. The van der Waals surface area contributed by atoms with Gasteiger partial charge in [0.1, 0.15) is 18.3 Å². The maximum absolute atomic E-state index is 11.8. The molecule has 0 bridgehead atoms. The van der Waals surface area contributed by atoms with E-state index in [4.69, 9.17) is 15.6 Å². The number of hydrogen-bond acceptors (Lipinski definition) is 9. The SMILES string of the molecule is NC1=NC(=O)C2N=C(Br)N([C@@H]3O[C@H](CO)[C@@H](O)[C@H]3O)C2=N1.O. The van der Waals surface area contributed by atoms with Crippen LogP contribution in [0.25, 0.3) is 0 Å². The number of aliphatic imine (C=N–C) groups is 3. The van der Waals surface area contributed by atoms with Gasteiger partial charge in [0.05, 0.1) is 6.61 Å². The van der Waals surface area contributed by atoms with Gasteiger partial charge in [-0.15, -0.1) is 0 Å². The van der Waals surface area contributed by atoms with Crippen LogP contribution < -0.4 is 5.73 Å². The lowest BCUT2D eigenvalue weighted by molar-refractivity contribution is -0.117. The monoisotopic (exact) mass is 379 g/mol. The predicted octanol–water partition coefficient (Wildman–Crippen LogP) is -3.71. The number of nitrogens with two attached hydrogens (primary N) is 1. The van der Waals surface area contributed by atoms with Crippen LogP contribution in [-0.2, 0) is 9.53 Å². The van der Waals surface area contributed by atoms with Gasteiger partial charge >= 0.3 is 0 Å². The van der Waals surface area contributed by atoms with Crippen LogP contribution in [-0.4, -0.2) is 85.3 Å². The molecule has 3 aliphatic rings. The average Bonchev–Trinajstić information content (AvgIpc) is 2.89. The second kappa shape index (κ2) is 5.98. The molecular weight excluding hydrogens is 366 g/mol. The van der Waals surface area contributed by atoms with E-state index in [9.17, 15) is 15.0 Å². The van der Waals surface area contributed by atoms with Crippen LogP contribution in [0.2, 0.25) is 0 Å². The molecule has 0 saturated carbocycles. The number of aliphatic hydroxyl groups excluding tert-OH is 3. The zero-order valence-electron chi connectivity index (χ0n) is 11.0. The Hall–Kier alpha value is -1.44. The van der Waals surface area contributed by atoms with Crippen LogP contribution in [0.1, 0.15) is 0 Å². The van der Waals surface area contributed by atoms with Crippen molar-refractivity contribution in [3.8, 4) is 0 Å². The number of halogens is 1. The van der Waals surface area contributed by atoms with Crippen molar-refractivity contribution < 1.29 is 30.3 Å². The second-order valence-electron chi connectivity index (χ2n) is 4.68. The van der Waals surface area contributed by atoms with Crippen molar-refractivity contribution in [2.75, 3.05) is 6.61 Å². The van der Waals surface area contributed by atoms with Gasteiger partial charge in [-0.25, -0.2) is 4.99 Å². The van der Waals surface area contributed by atoms with Crippen molar-refractivity contribution in [1.82, 2.24) is 4.90 Å². The lowest BCUT2D eigenvalue weighted by Gasteiger charge is -2.28. The third kappa shape index (κ3) is 2.43. The fourth-order valence-corrected chi connectivity index (χ4v) is 2.97. The zero-order chi connectivity index (χ0) is 15.3. The first kappa shape index (κ1) is 16.9. The molecule has 1 unspecified atom stereocenters. The molecule has 0 aromatic heterocycles. The Morgan fingerprint density at radius 3 is 2.59 bits per heavy atom. The molecule has 1 saturated heterocycles. The highest BCUT2D eigenvalue weighted by Gasteiger charge is 2.51. The maximum Gasteiger partial charge on any atom is 0.281 e. The number of hydrogen-bond donors (Lipinski definition) is 4. The number of nitrogens with zero attached hydrogens (tertiary/aromatic N) is 4. The van der Waals surface area contributed by atoms with E-state index in [2.05, 4.69) is 30.9 Å². The molecule has 3 heterocycles. The van der Waals surface area contributed by atoms with E-state index in [-0.39, 0.29) is 22.0 Å². The summed E-state index contributed by atoms with van der Waals surface area (Å²) in [6, 6.07) is -0.965. The first-order chi connectivity index (χ1) is 9.93. The summed E-state index contributed by atoms with van der Waals surface area (Å²) in [5.41, 5.74) is 5.46. The van der Waals surface area contributed by atoms with E-state index in [1.165, 1.54) is 4.90 Å². The molecule has 11 nitrogen and oxygen atoms in total. The summed E-state index contributed by atoms with van der Waals surface area (Å²) in [5, 5.41) is 29.0. The van der Waals surface area contributed by atoms with E-state index < -0.39 is 43.1 Å². The van der Waals surface area contributed by atoms with E-state index in [0.29, 0.717) is 0 Å². The maximum atomic E-state index is 11.8. The number of guanidine groups is 1. The molecule has 7 N–H and O–H groups in total. The van der Waals surface area contributed by atoms with Crippen molar-refractivity contribution in [2.24, 2.45) is 20.7 Å². The van der Waals surface area contributed by atoms with Gasteiger partial charge in [0.25, 0.3) is 5.91 Å². The number of amides is 1. The first-order valence-corrected chi connectivity index (χ1v) is 6.85. The third-order valence-corrected chi connectivity index (χ3v) is 3.97. The molecule has 5 atom stereocenters. The van der Waals surface area contributed by atoms with E-state index in [0.717, 1.165) is 0 Å². The molecule has 3 rings (SSSR count). The molecule has 0 spiro atoms. The number of aliphatic hydroxyl groups is 3. The summed E-state index contributed by atoms with van der Waals surface area (Å²) >= 11 is 3.16. The van der Waals surface area contributed by atoms with Gasteiger partial charge < -0.3 is 31.3 Å². The summed E-state index contributed by atoms with van der Waals surface area (Å²) in [6.45, 7) is -0.463. The van der Waals surface area contributed by atoms with Crippen molar-refractivity contribution in [2.45, 2.75) is 30.6 Å².